The van der Waals surface area contributed by atoms with Gasteiger partial charge in [-0.05, 0) is 36.8 Å². The van der Waals surface area contributed by atoms with Crippen molar-refractivity contribution < 1.29 is 19.1 Å². The van der Waals surface area contributed by atoms with Gasteiger partial charge in [-0.2, -0.15) is 0 Å². The van der Waals surface area contributed by atoms with E-state index in [-0.39, 0.29) is 49.8 Å². The molecule has 3 fully saturated rings. The molecular formula is C21H25ClN2O4. The van der Waals surface area contributed by atoms with Crippen molar-refractivity contribution in [2.24, 2.45) is 5.92 Å². The van der Waals surface area contributed by atoms with Gasteiger partial charge in [-0.1, -0.05) is 29.8 Å². The van der Waals surface area contributed by atoms with E-state index >= 15 is 0 Å². The van der Waals surface area contributed by atoms with Crippen LogP contribution < -0.4 is 0 Å². The largest absolute Gasteiger partial charge is 0.383 e. The smallest absolute Gasteiger partial charge is 0.241 e. The van der Waals surface area contributed by atoms with E-state index in [1.807, 2.05) is 4.90 Å². The SMILES string of the molecule is COCCN1C(=O)C[C@](CC(=O)N2C[C@H]3CC[C@@H]2C3)(c2ccccc2Cl)C1=O. The van der Waals surface area contributed by atoms with Gasteiger partial charge in [0.2, 0.25) is 17.7 Å². The summed E-state index contributed by atoms with van der Waals surface area (Å²) in [4.78, 5) is 42.5. The quantitative estimate of drug-likeness (QED) is 0.683. The Morgan fingerprint density at radius 1 is 1.29 bits per heavy atom. The molecule has 28 heavy (non-hydrogen) atoms. The highest BCUT2D eigenvalue weighted by Gasteiger charge is 2.55. The van der Waals surface area contributed by atoms with Crippen LogP contribution in [0.1, 0.15) is 37.7 Å². The third-order valence-electron chi connectivity index (χ3n) is 6.50. The van der Waals surface area contributed by atoms with Gasteiger partial charge in [0.05, 0.1) is 18.6 Å². The zero-order valence-corrected chi connectivity index (χ0v) is 16.8. The average molecular weight is 405 g/mol. The summed E-state index contributed by atoms with van der Waals surface area (Å²) in [7, 11) is 1.53. The fourth-order valence-electron chi connectivity index (χ4n) is 5.09. The predicted octanol–water partition coefficient (Wildman–Crippen LogP) is 2.38. The molecule has 0 unspecified atom stereocenters. The highest BCUT2D eigenvalue weighted by molar-refractivity contribution is 6.32. The molecule has 2 heterocycles. The summed E-state index contributed by atoms with van der Waals surface area (Å²) in [6.07, 6.45) is 3.20. The number of amides is 3. The Morgan fingerprint density at radius 2 is 2.07 bits per heavy atom. The first kappa shape index (κ1) is 19.4. The molecule has 1 aromatic rings. The first-order valence-corrected chi connectivity index (χ1v) is 10.2. The fraction of sp³-hybridized carbons (Fsp3) is 0.571. The number of nitrogens with zero attached hydrogens (tertiary/aromatic N) is 2. The molecule has 150 valence electrons. The zero-order valence-electron chi connectivity index (χ0n) is 16.0. The molecule has 0 radical (unpaired) electrons. The molecule has 3 amide bonds. The van der Waals surface area contributed by atoms with Gasteiger partial charge in [0, 0.05) is 37.6 Å². The number of halogens is 1. The van der Waals surface area contributed by atoms with Crippen molar-refractivity contribution >= 4 is 29.3 Å². The molecule has 2 bridgehead atoms. The number of benzene rings is 1. The van der Waals surface area contributed by atoms with Gasteiger partial charge < -0.3 is 9.64 Å². The summed E-state index contributed by atoms with van der Waals surface area (Å²) in [6, 6.07) is 7.32. The van der Waals surface area contributed by atoms with E-state index in [0.717, 1.165) is 19.4 Å². The van der Waals surface area contributed by atoms with Gasteiger partial charge in [-0.25, -0.2) is 0 Å². The molecule has 7 heteroatoms. The molecule has 1 aliphatic carbocycles. The van der Waals surface area contributed by atoms with Gasteiger partial charge in [0.15, 0.2) is 0 Å². The monoisotopic (exact) mass is 404 g/mol. The summed E-state index contributed by atoms with van der Waals surface area (Å²) in [5.41, 5.74) is -0.671. The first-order chi connectivity index (χ1) is 13.5. The van der Waals surface area contributed by atoms with E-state index in [1.165, 1.54) is 18.4 Å². The number of rotatable bonds is 6. The topological polar surface area (TPSA) is 66.9 Å². The number of hydrogen-bond donors (Lipinski definition) is 0. The summed E-state index contributed by atoms with van der Waals surface area (Å²) >= 11 is 6.43. The summed E-state index contributed by atoms with van der Waals surface area (Å²) < 4.78 is 5.05. The minimum Gasteiger partial charge on any atom is -0.383 e. The van der Waals surface area contributed by atoms with Crippen molar-refractivity contribution in [2.45, 2.75) is 43.6 Å². The van der Waals surface area contributed by atoms with Crippen molar-refractivity contribution in [2.75, 3.05) is 26.8 Å². The molecule has 1 aromatic carbocycles. The van der Waals surface area contributed by atoms with Crippen LogP contribution in [0, 0.1) is 5.92 Å². The van der Waals surface area contributed by atoms with Crippen LogP contribution in [0.2, 0.25) is 5.02 Å². The van der Waals surface area contributed by atoms with E-state index < -0.39 is 5.41 Å². The Hall–Kier alpha value is -1.92. The number of carbonyl (C=O) groups excluding carboxylic acids is 3. The van der Waals surface area contributed by atoms with E-state index in [1.54, 1.807) is 24.3 Å². The van der Waals surface area contributed by atoms with Crippen LogP contribution >= 0.6 is 11.6 Å². The zero-order chi connectivity index (χ0) is 19.9. The molecule has 4 rings (SSSR count). The minimum absolute atomic E-state index is 0.0198. The molecule has 0 N–H and O–H groups in total. The third-order valence-corrected chi connectivity index (χ3v) is 6.83. The fourth-order valence-corrected chi connectivity index (χ4v) is 5.41. The predicted molar refractivity (Wildman–Crippen MR) is 104 cm³/mol. The Labute approximate surface area is 169 Å². The molecular weight excluding hydrogens is 380 g/mol. The molecule has 3 atom stereocenters. The van der Waals surface area contributed by atoms with Crippen LogP contribution in [-0.4, -0.2) is 60.4 Å². The third kappa shape index (κ3) is 3.12. The van der Waals surface area contributed by atoms with Crippen molar-refractivity contribution in [1.29, 1.82) is 0 Å². The van der Waals surface area contributed by atoms with E-state index in [9.17, 15) is 14.4 Å². The summed E-state index contributed by atoms with van der Waals surface area (Å²) in [6.45, 7) is 1.21. The number of likely N-dealkylation sites (tertiary alicyclic amines) is 2. The highest BCUT2D eigenvalue weighted by Crippen LogP contribution is 2.45. The van der Waals surface area contributed by atoms with Crippen LogP contribution in [0.4, 0.5) is 0 Å². The molecule has 2 saturated heterocycles. The summed E-state index contributed by atoms with van der Waals surface area (Å²) in [5, 5.41) is 0.410. The number of imide groups is 1. The number of piperidine rings is 1. The number of hydrogen-bond acceptors (Lipinski definition) is 4. The Morgan fingerprint density at radius 3 is 2.71 bits per heavy atom. The molecule has 0 spiro atoms. The second-order valence-corrected chi connectivity index (χ2v) is 8.55. The van der Waals surface area contributed by atoms with Crippen LogP contribution in [0.25, 0.3) is 0 Å². The van der Waals surface area contributed by atoms with Gasteiger partial charge >= 0.3 is 0 Å². The second kappa shape index (κ2) is 7.48. The Bertz CT molecular complexity index is 813. The van der Waals surface area contributed by atoms with E-state index in [4.69, 9.17) is 16.3 Å². The first-order valence-electron chi connectivity index (χ1n) is 9.84. The molecule has 0 aromatic heterocycles. The second-order valence-electron chi connectivity index (χ2n) is 8.14. The molecule has 1 saturated carbocycles. The highest BCUT2D eigenvalue weighted by atomic mass is 35.5. The van der Waals surface area contributed by atoms with Crippen molar-refractivity contribution in [1.82, 2.24) is 9.80 Å². The maximum Gasteiger partial charge on any atom is 0.241 e. The maximum atomic E-state index is 13.4. The van der Waals surface area contributed by atoms with Gasteiger partial charge in [-0.15, -0.1) is 0 Å². The number of carbonyl (C=O) groups is 3. The lowest BCUT2D eigenvalue weighted by molar-refractivity contribution is -0.143. The van der Waals surface area contributed by atoms with Crippen LogP contribution in [0.15, 0.2) is 24.3 Å². The maximum absolute atomic E-state index is 13.4. The van der Waals surface area contributed by atoms with E-state index in [0.29, 0.717) is 16.5 Å². The average Bonchev–Trinajstić information content (AvgIpc) is 3.36. The van der Waals surface area contributed by atoms with Gasteiger partial charge in [-0.3, -0.25) is 19.3 Å². The standard InChI is InChI=1S/C21H25ClN2O4/c1-28-9-8-23-18(25)11-21(20(23)27,16-4-2-3-5-17(16)22)12-19(26)24-13-14-6-7-15(24)10-14/h2-5,14-15H,6-13H2,1H3/t14-,15+,21-/m0/s1. The lowest BCUT2D eigenvalue weighted by Gasteiger charge is -2.33. The lowest BCUT2D eigenvalue weighted by Crippen LogP contribution is -2.46. The Kier molecular flexibility index (Phi) is 5.19. The van der Waals surface area contributed by atoms with Crippen molar-refractivity contribution in [3.05, 3.63) is 34.9 Å². The Balaban J connectivity index is 1.67. The van der Waals surface area contributed by atoms with Crippen LogP contribution in [0.5, 0.6) is 0 Å². The van der Waals surface area contributed by atoms with Crippen LogP contribution in [0.3, 0.4) is 0 Å². The summed E-state index contributed by atoms with van der Waals surface area (Å²) in [5.74, 6) is -0.107. The van der Waals surface area contributed by atoms with Gasteiger partial charge in [0.25, 0.3) is 0 Å². The van der Waals surface area contributed by atoms with E-state index in [2.05, 4.69) is 0 Å². The van der Waals surface area contributed by atoms with Crippen molar-refractivity contribution in [3.63, 3.8) is 0 Å². The molecule has 2 aliphatic heterocycles. The van der Waals surface area contributed by atoms with Crippen LogP contribution in [-0.2, 0) is 24.5 Å². The number of ether oxygens (including phenoxy) is 1. The number of methoxy groups -OCH3 is 1. The number of fused-ring (bicyclic) bond motifs is 2. The molecule has 3 aliphatic rings. The normalized spacial score (nSPS) is 29.2. The minimum atomic E-state index is -1.23. The van der Waals surface area contributed by atoms with Crippen molar-refractivity contribution in [3.8, 4) is 0 Å². The van der Waals surface area contributed by atoms with Gasteiger partial charge in [0.1, 0.15) is 0 Å². The molecule has 6 nitrogen and oxygen atoms in total. The lowest BCUT2D eigenvalue weighted by atomic mass is 9.75.